The minimum atomic E-state index is -0.127. The number of nitrogens with two attached hydrogens (primary N) is 1. The van der Waals surface area contributed by atoms with Gasteiger partial charge in [0.15, 0.2) is 0 Å². The molecule has 1 amide bonds. The van der Waals surface area contributed by atoms with E-state index in [9.17, 15) is 4.79 Å². The van der Waals surface area contributed by atoms with E-state index < -0.39 is 0 Å². The molecule has 5 heteroatoms. The number of amides is 1. The predicted molar refractivity (Wildman–Crippen MR) is 72.5 cm³/mol. The number of halogens is 1. The highest BCUT2D eigenvalue weighted by atomic mass is 35.5. The summed E-state index contributed by atoms with van der Waals surface area (Å²) in [5.41, 5.74) is 3.22. The van der Waals surface area contributed by atoms with Crippen LogP contribution in [0.1, 0.15) is 31.2 Å². The average molecular weight is 271 g/mol. The van der Waals surface area contributed by atoms with Crippen LogP contribution in [0.4, 0.5) is 0 Å². The SMILES string of the molecule is Cc1ccc(OCCCCCC(=O)NN)c(Cl)c1. The minimum Gasteiger partial charge on any atom is -0.492 e. The van der Waals surface area contributed by atoms with E-state index in [0.717, 1.165) is 24.8 Å². The summed E-state index contributed by atoms with van der Waals surface area (Å²) in [5, 5.41) is 0.637. The lowest BCUT2D eigenvalue weighted by Crippen LogP contribution is -2.29. The van der Waals surface area contributed by atoms with Gasteiger partial charge in [0.05, 0.1) is 11.6 Å². The van der Waals surface area contributed by atoms with Crippen molar-refractivity contribution in [1.82, 2.24) is 5.43 Å². The van der Waals surface area contributed by atoms with Crippen molar-refractivity contribution in [3.05, 3.63) is 28.8 Å². The highest BCUT2D eigenvalue weighted by Crippen LogP contribution is 2.25. The molecule has 0 saturated carbocycles. The van der Waals surface area contributed by atoms with Gasteiger partial charge in [-0.25, -0.2) is 5.84 Å². The molecular weight excluding hydrogens is 252 g/mol. The van der Waals surface area contributed by atoms with Gasteiger partial charge in [0.25, 0.3) is 0 Å². The molecule has 0 aliphatic heterocycles. The van der Waals surface area contributed by atoms with Crippen LogP contribution >= 0.6 is 11.6 Å². The number of unbranched alkanes of at least 4 members (excludes halogenated alkanes) is 2. The summed E-state index contributed by atoms with van der Waals surface area (Å²) >= 11 is 6.04. The lowest BCUT2D eigenvalue weighted by Gasteiger charge is -2.08. The number of benzene rings is 1. The van der Waals surface area contributed by atoms with Crippen molar-refractivity contribution in [3.8, 4) is 5.75 Å². The van der Waals surface area contributed by atoms with Crippen molar-refractivity contribution >= 4 is 17.5 Å². The van der Waals surface area contributed by atoms with E-state index in [4.69, 9.17) is 22.2 Å². The molecule has 0 saturated heterocycles. The normalized spacial score (nSPS) is 10.2. The molecule has 100 valence electrons. The number of nitrogens with one attached hydrogen (secondary N) is 1. The number of carbonyl (C=O) groups excluding carboxylic acids is 1. The second-order valence-electron chi connectivity index (χ2n) is 4.16. The Morgan fingerprint density at radius 2 is 2.17 bits per heavy atom. The molecule has 1 rings (SSSR count). The molecule has 0 aliphatic carbocycles. The molecule has 0 unspecified atom stereocenters. The first-order valence-electron chi connectivity index (χ1n) is 6.02. The van der Waals surface area contributed by atoms with Gasteiger partial charge in [-0.3, -0.25) is 10.2 Å². The van der Waals surface area contributed by atoms with Gasteiger partial charge in [-0.2, -0.15) is 0 Å². The summed E-state index contributed by atoms with van der Waals surface area (Å²) in [5.74, 6) is 5.56. The Kier molecular flexibility index (Phi) is 6.54. The molecule has 3 N–H and O–H groups in total. The van der Waals surface area contributed by atoms with Crippen molar-refractivity contribution in [2.24, 2.45) is 5.84 Å². The van der Waals surface area contributed by atoms with Gasteiger partial charge in [0.2, 0.25) is 5.91 Å². The Hall–Kier alpha value is -1.26. The summed E-state index contributed by atoms with van der Waals surface area (Å²) in [6.45, 7) is 2.59. The summed E-state index contributed by atoms with van der Waals surface area (Å²) in [4.78, 5) is 10.9. The molecule has 18 heavy (non-hydrogen) atoms. The first-order valence-corrected chi connectivity index (χ1v) is 6.39. The van der Waals surface area contributed by atoms with Crippen LogP contribution in [-0.4, -0.2) is 12.5 Å². The number of hydrogen-bond donors (Lipinski definition) is 2. The smallest absolute Gasteiger partial charge is 0.233 e. The number of aryl methyl sites for hydroxylation is 1. The van der Waals surface area contributed by atoms with E-state index in [2.05, 4.69) is 5.43 Å². The Balaban J connectivity index is 2.16. The molecule has 0 bridgehead atoms. The fourth-order valence-corrected chi connectivity index (χ4v) is 1.83. The van der Waals surface area contributed by atoms with Gasteiger partial charge in [0.1, 0.15) is 5.75 Å². The number of carbonyl (C=O) groups is 1. The van der Waals surface area contributed by atoms with Crippen molar-refractivity contribution in [2.45, 2.75) is 32.6 Å². The molecule has 0 aromatic heterocycles. The van der Waals surface area contributed by atoms with E-state index in [1.807, 2.05) is 25.1 Å². The Morgan fingerprint density at radius 1 is 1.39 bits per heavy atom. The van der Waals surface area contributed by atoms with E-state index in [-0.39, 0.29) is 5.91 Å². The van der Waals surface area contributed by atoms with E-state index >= 15 is 0 Å². The zero-order valence-electron chi connectivity index (χ0n) is 10.5. The molecule has 1 aromatic carbocycles. The van der Waals surface area contributed by atoms with Crippen LogP contribution in [0.3, 0.4) is 0 Å². The van der Waals surface area contributed by atoms with Gasteiger partial charge in [-0.15, -0.1) is 0 Å². The third-order valence-corrected chi connectivity index (χ3v) is 2.85. The van der Waals surface area contributed by atoms with Gasteiger partial charge in [0, 0.05) is 6.42 Å². The maximum Gasteiger partial charge on any atom is 0.233 e. The van der Waals surface area contributed by atoms with E-state index in [1.54, 1.807) is 0 Å². The molecule has 0 aliphatic rings. The number of hydrogen-bond acceptors (Lipinski definition) is 3. The van der Waals surface area contributed by atoms with Crippen molar-refractivity contribution in [1.29, 1.82) is 0 Å². The zero-order valence-corrected chi connectivity index (χ0v) is 11.3. The molecule has 4 nitrogen and oxygen atoms in total. The maximum atomic E-state index is 10.9. The van der Waals surface area contributed by atoms with E-state index in [1.165, 1.54) is 0 Å². The zero-order chi connectivity index (χ0) is 13.4. The van der Waals surface area contributed by atoms with Gasteiger partial charge in [-0.05, 0) is 43.9 Å². The molecular formula is C13H19ClN2O2. The fourth-order valence-electron chi connectivity index (χ4n) is 1.54. The number of rotatable bonds is 7. The number of ether oxygens (including phenoxy) is 1. The van der Waals surface area contributed by atoms with Crippen LogP contribution in [0.2, 0.25) is 5.02 Å². The highest BCUT2D eigenvalue weighted by molar-refractivity contribution is 6.32. The van der Waals surface area contributed by atoms with Gasteiger partial charge in [-0.1, -0.05) is 17.7 Å². The maximum absolute atomic E-state index is 10.9. The summed E-state index contributed by atoms with van der Waals surface area (Å²) in [7, 11) is 0. The van der Waals surface area contributed by atoms with Gasteiger partial charge >= 0.3 is 0 Å². The van der Waals surface area contributed by atoms with Crippen molar-refractivity contribution in [2.75, 3.05) is 6.61 Å². The third-order valence-electron chi connectivity index (χ3n) is 2.55. The average Bonchev–Trinajstić information content (AvgIpc) is 2.35. The van der Waals surface area contributed by atoms with Crippen LogP contribution < -0.4 is 16.0 Å². The quantitative estimate of drug-likeness (QED) is 0.346. The molecule has 0 spiro atoms. The van der Waals surface area contributed by atoms with Crippen LogP contribution in [-0.2, 0) is 4.79 Å². The fraction of sp³-hybridized carbons (Fsp3) is 0.462. The predicted octanol–water partition coefficient (Wildman–Crippen LogP) is 2.58. The minimum absolute atomic E-state index is 0.127. The van der Waals surface area contributed by atoms with Crippen molar-refractivity contribution in [3.63, 3.8) is 0 Å². The second-order valence-corrected chi connectivity index (χ2v) is 4.57. The summed E-state index contributed by atoms with van der Waals surface area (Å²) in [6, 6.07) is 5.72. The largest absolute Gasteiger partial charge is 0.492 e. The summed E-state index contributed by atoms with van der Waals surface area (Å²) < 4.78 is 5.57. The van der Waals surface area contributed by atoms with Crippen LogP contribution in [0, 0.1) is 6.92 Å². The van der Waals surface area contributed by atoms with Crippen molar-refractivity contribution < 1.29 is 9.53 Å². The first-order chi connectivity index (χ1) is 8.63. The standard InChI is InChI=1S/C13H19ClN2O2/c1-10-6-7-12(11(14)9-10)18-8-4-2-3-5-13(17)16-15/h6-7,9H,2-5,8,15H2,1H3,(H,16,17). The first kappa shape index (κ1) is 14.8. The molecule has 0 radical (unpaired) electrons. The van der Waals surface area contributed by atoms with Crippen LogP contribution in [0.15, 0.2) is 18.2 Å². The molecule has 0 atom stereocenters. The van der Waals surface area contributed by atoms with Gasteiger partial charge < -0.3 is 4.74 Å². The topological polar surface area (TPSA) is 64.3 Å². The highest BCUT2D eigenvalue weighted by Gasteiger charge is 2.02. The summed E-state index contributed by atoms with van der Waals surface area (Å²) in [6.07, 6.45) is 3.09. The monoisotopic (exact) mass is 270 g/mol. The Labute approximate surface area is 112 Å². The lowest BCUT2D eigenvalue weighted by atomic mass is 10.2. The lowest BCUT2D eigenvalue weighted by molar-refractivity contribution is -0.121. The molecule has 1 aromatic rings. The van der Waals surface area contributed by atoms with E-state index in [0.29, 0.717) is 23.8 Å². The molecule has 0 heterocycles. The van der Waals surface area contributed by atoms with Crippen LogP contribution in [0.5, 0.6) is 5.75 Å². The second kappa shape index (κ2) is 7.95. The Morgan fingerprint density at radius 3 is 2.83 bits per heavy atom. The Bertz CT molecular complexity index is 397. The number of hydrazine groups is 1. The molecule has 0 fully saturated rings. The third kappa shape index (κ3) is 5.38. The van der Waals surface area contributed by atoms with Crippen LogP contribution in [0.25, 0.3) is 0 Å².